The van der Waals surface area contributed by atoms with Gasteiger partial charge in [-0.15, -0.1) is 0 Å². The van der Waals surface area contributed by atoms with Gasteiger partial charge < -0.3 is 0 Å². The van der Waals surface area contributed by atoms with Gasteiger partial charge in [0.25, 0.3) is 0 Å². The maximum absolute atomic E-state index is 9.67. The predicted molar refractivity (Wildman–Crippen MR) is 228 cm³/mol. The van der Waals surface area contributed by atoms with E-state index >= 15 is 0 Å². The fourth-order valence-corrected chi connectivity index (χ4v) is 9.08. The van der Waals surface area contributed by atoms with E-state index in [0.29, 0.717) is 23.0 Å². The first kappa shape index (κ1) is 32.7. The van der Waals surface area contributed by atoms with Crippen molar-refractivity contribution in [2.24, 2.45) is 0 Å². The first-order chi connectivity index (χ1) is 28.2. The summed E-state index contributed by atoms with van der Waals surface area (Å²) in [6.45, 7) is 0. The third kappa shape index (κ3) is 5.03. The van der Waals surface area contributed by atoms with Gasteiger partial charge in [-0.2, -0.15) is 5.26 Å². The SMILES string of the molecule is N#Cc1ccc(-c2cc3c(cc2-c2ccc(-c4nc(-c5ccccc5)nc(-c5ccccc5)n4)cc2)C2(c4ccccc4-c4ccccc42)c2ccccc2-3)cc1. The highest BCUT2D eigenvalue weighted by molar-refractivity contribution is 5.99. The van der Waals surface area contributed by atoms with Crippen molar-refractivity contribution in [3.63, 3.8) is 0 Å². The summed E-state index contributed by atoms with van der Waals surface area (Å²) in [5.74, 6) is 1.88. The second-order valence-corrected chi connectivity index (χ2v) is 14.6. The Balaban J connectivity index is 1.12. The smallest absolute Gasteiger partial charge is 0.164 e. The van der Waals surface area contributed by atoms with E-state index in [1.165, 1.54) is 44.5 Å². The Bertz CT molecular complexity index is 2950. The Morgan fingerprint density at radius 2 is 0.684 bits per heavy atom. The van der Waals surface area contributed by atoms with Gasteiger partial charge in [0, 0.05) is 16.7 Å². The van der Waals surface area contributed by atoms with Crippen LogP contribution in [0.3, 0.4) is 0 Å². The van der Waals surface area contributed by atoms with Crippen LogP contribution in [0.25, 0.3) is 78.7 Å². The maximum Gasteiger partial charge on any atom is 0.164 e. The molecule has 264 valence electrons. The number of nitriles is 1. The zero-order valence-electron chi connectivity index (χ0n) is 30.8. The van der Waals surface area contributed by atoms with Crippen LogP contribution >= 0.6 is 0 Å². The van der Waals surface area contributed by atoms with Crippen molar-refractivity contribution in [3.05, 3.63) is 222 Å². The normalized spacial score (nSPS) is 12.7. The molecule has 0 N–H and O–H groups in total. The highest BCUT2D eigenvalue weighted by Crippen LogP contribution is 2.63. The minimum absolute atomic E-state index is 0.469. The molecule has 9 aromatic rings. The number of aromatic nitrogens is 3. The van der Waals surface area contributed by atoms with Gasteiger partial charge in [-0.3, -0.25) is 0 Å². The van der Waals surface area contributed by atoms with Gasteiger partial charge in [0.05, 0.1) is 17.0 Å². The predicted octanol–water partition coefficient (Wildman–Crippen LogP) is 12.4. The van der Waals surface area contributed by atoms with Crippen molar-refractivity contribution in [2.45, 2.75) is 5.41 Å². The summed E-state index contributed by atoms with van der Waals surface area (Å²) >= 11 is 0. The largest absolute Gasteiger partial charge is 0.208 e. The van der Waals surface area contributed by atoms with Crippen molar-refractivity contribution >= 4 is 0 Å². The van der Waals surface area contributed by atoms with Gasteiger partial charge in [0.2, 0.25) is 0 Å². The lowest BCUT2D eigenvalue weighted by Gasteiger charge is -2.31. The van der Waals surface area contributed by atoms with E-state index in [-0.39, 0.29) is 0 Å². The topological polar surface area (TPSA) is 62.5 Å². The quantitative estimate of drug-likeness (QED) is 0.177. The van der Waals surface area contributed by atoms with E-state index in [9.17, 15) is 5.26 Å². The molecule has 0 fully saturated rings. The average molecular weight is 725 g/mol. The average Bonchev–Trinajstić information content (AvgIpc) is 3.76. The summed E-state index contributed by atoms with van der Waals surface area (Å²) in [6.07, 6.45) is 0. The molecule has 0 radical (unpaired) electrons. The van der Waals surface area contributed by atoms with Crippen LogP contribution in [0, 0.1) is 11.3 Å². The van der Waals surface area contributed by atoms with E-state index in [1.54, 1.807) is 0 Å². The number of rotatable bonds is 5. The first-order valence-electron chi connectivity index (χ1n) is 19.2. The number of hydrogen-bond donors (Lipinski definition) is 0. The van der Waals surface area contributed by atoms with Crippen LogP contribution in [0.2, 0.25) is 0 Å². The molecule has 0 saturated heterocycles. The molecule has 11 rings (SSSR count). The molecule has 0 aliphatic heterocycles. The van der Waals surface area contributed by atoms with Crippen LogP contribution in [0.4, 0.5) is 0 Å². The van der Waals surface area contributed by atoms with E-state index in [4.69, 9.17) is 15.0 Å². The Morgan fingerprint density at radius 1 is 0.316 bits per heavy atom. The number of fused-ring (bicyclic) bond motifs is 10. The van der Waals surface area contributed by atoms with Crippen molar-refractivity contribution in [3.8, 4) is 84.7 Å². The molecular weight excluding hydrogens is 693 g/mol. The van der Waals surface area contributed by atoms with Crippen molar-refractivity contribution < 1.29 is 0 Å². The molecular formula is C53H32N4. The van der Waals surface area contributed by atoms with Gasteiger partial charge in [-0.05, 0) is 91.0 Å². The Labute approximate surface area is 331 Å². The van der Waals surface area contributed by atoms with Crippen molar-refractivity contribution in [1.29, 1.82) is 5.26 Å². The van der Waals surface area contributed by atoms with Crippen LogP contribution in [0.1, 0.15) is 27.8 Å². The van der Waals surface area contributed by atoms with Gasteiger partial charge in [0.1, 0.15) is 0 Å². The van der Waals surface area contributed by atoms with E-state index < -0.39 is 5.41 Å². The zero-order valence-corrected chi connectivity index (χ0v) is 30.8. The van der Waals surface area contributed by atoms with Crippen molar-refractivity contribution in [1.82, 2.24) is 15.0 Å². The number of benzene rings is 8. The molecule has 2 aliphatic rings. The Hall–Kier alpha value is -7.74. The fourth-order valence-electron chi connectivity index (χ4n) is 9.08. The first-order valence-corrected chi connectivity index (χ1v) is 19.2. The third-order valence-corrected chi connectivity index (χ3v) is 11.6. The second kappa shape index (κ2) is 12.9. The van der Waals surface area contributed by atoms with Crippen LogP contribution in [0.15, 0.2) is 194 Å². The van der Waals surface area contributed by atoms with Crippen LogP contribution in [0.5, 0.6) is 0 Å². The van der Waals surface area contributed by atoms with E-state index in [1.807, 2.05) is 72.8 Å². The number of hydrogen-bond acceptors (Lipinski definition) is 4. The molecule has 2 aliphatic carbocycles. The molecule has 1 aromatic heterocycles. The van der Waals surface area contributed by atoms with Crippen LogP contribution in [-0.4, -0.2) is 15.0 Å². The van der Waals surface area contributed by atoms with E-state index in [0.717, 1.165) is 38.9 Å². The van der Waals surface area contributed by atoms with Crippen LogP contribution < -0.4 is 0 Å². The van der Waals surface area contributed by atoms with Gasteiger partial charge in [-0.1, -0.05) is 170 Å². The van der Waals surface area contributed by atoms with Gasteiger partial charge in [0.15, 0.2) is 17.5 Å². The van der Waals surface area contributed by atoms with Gasteiger partial charge >= 0.3 is 0 Å². The molecule has 0 bridgehead atoms. The molecule has 0 amide bonds. The maximum atomic E-state index is 9.67. The monoisotopic (exact) mass is 724 g/mol. The summed E-state index contributed by atoms with van der Waals surface area (Å²) in [6, 6.07) is 70.5. The summed E-state index contributed by atoms with van der Waals surface area (Å²) in [4.78, 5) is 14.9. The lowest BCUT2D eigenvalue weighted by molar-refractivity contribution is 0.794. The molecule has 0 atom stereocenters. The number of nitrogens with zero attached hydrogens (tertiary/aromatic N) is 4. The zero-order chi connectivity index (χ0) is 37.9. The second-order valence-electron chi connectivity index (χ2n) is 14.6. The molecule has 0 unspecified atom stereocenters. The summed E-state index contributed by atoms with van der Waals surface area (Å²) in [5, 5.41) is 9.67. The Kier molecular flexibility index (Phi) is 7.42. The molecule has 4 heteroatoms. The minimum Gasteiger partial charge on any atom is -0.208 e. The lowest BCUT2D eigenvalue weighted by Crippen LogP contribution is -2.25. The summed E-state index contributed by atoms with van der Waals surface area (Å²) < 4.78 is 0. The van der Waals surface area contributed by atoms with Crippen molar-refractivity contribution in [2.75, 3.05) is 0 Å². The molecule has 57 heavy (non-hydrogen) atoms. The molecule has 1 heterocycles. The lowest BCUT2D eigenvalue weighted by atomic mass is 9.70. The third-order valence-electron chi connectivity index (χ3n) is 11.6. The summed E-state index contributed by atoms with van der Waals surface area (Å²) in [7, 11) is 0. The Morgan fingerprint density at radius 3 is 1.16 bits per heavy atom. The molecule has 1 spiro atoms. The molecule has 4 nitrogen and oxygen atoms in total. The van der Waals surface area contributed by atoms with Crippen LogP contribution in [-0.2, 0) is 5.41 Å². The summed E-state index contributed by atoms with van der Waals surface area (Å²) in [5.41, 5.74) is 17.5. The molecule has 8 aromatic carbocycles. The van der Waals surface area contributed by atoms with Gasteiger partial charge in [-0.25, -0.2) is 15.0 Å². The highest BCUT2D eigenvalue weighted by Gasteiger charge is 2.51. The standard InChI is InChI=1S/C53H32N4/c54-33-34-23-25-35(26-24-34)43-31-45-42-19-9-12-22-48(42)53(46-20-10-7-17-40(46)41-18-8-11-21-47(41)53)49(45)32-44(43)36-27-29-39(30-28-36)52-56-50(37-13-3-1-4-14-37)55-51(57-52)38-15-5-2-6-16-38/h1-32H. The fraction of sp³-hybridized carbons (Fsp3) is 0.0189. The molecule has 0 saturated carbocycles. The minimum atomic E-state index is -0.469. The van der Waals surface area contributed by atoms with E-state index in [2.05, 4.69) is 127 Å². The highest BCUT2D eigenvalue weighted by atomic mass is 15.0.